The second-order valence-electron chi connectivity index (χ2n) is 6.63. The zero-order valence-electron chi connectivity index (χ0n) is 15.2. The molecule has 1 aliphatic rings. The van der Waals surface area contributed by atoms with Crippen LogP contribution in [-0.2, 0) is 0 Å². The van der Waals surface area contributed by atoms with Gasteiger partial charge >= 0.3 is 0 Å². The molecule has 1 aromatic carbocycles. The number of likely N-dealkylation sites (N-methyl/N-ethyl adjacent to an activating group) is 1. The lowest BCUT2D eigenvalue weighted by molar-refractivity contribution is 0.303. The van der Waals surface area contributed by atoms with E-state index in [1.54, 1.807) is 0 Å². The minimum absolute atomic E-state index is 0.873. The molecule has 0 atom stereocenters. The van der Waals surface area contributed by atoms with Crippen LogP contribution in [0.5, 0.6) is 0 Å². The standard InChI is InChI=1S/C20H31N3/c1-5-9-21-20-16-19(15-17(2)18(20)3)8-6-11-23-12-7-10-22(4)13-14-23/h15-16,21H,5,7,9-14H2,1-4H3. The van der Waals surface area contributed by atoms with Gasteiger partial charge in [-0.15, -0.1) is 0 Å². The Hall–Kier alpha value is -1.50. The molecular formula is C20H31N3. The van der Waals surface area contributed by atoms with Crippen molar-refractivity contribution >= 4 is 5.69 Å². The molecule has 1 saturated heterocycles. The van der Waals surface area contributed by atoms with E-state index in [1.807, 2.05) is 0 Å². The fourth-order valence-electron chi connectivity index (χ4n) is 2.89. The van der Waals surface area contributed by atoms with Crippen molar-refractivity contribution in [1.29, 1.82) is 0 Å². The van der Waals surface area contributed by atoms with Crippen LogP contribution in [0.15, 0.2) is 12.1 Å². The number of hydrogen-bond acceptors (Lipinski definition) is 3. The number of hydrogen-bond donors (Lipinski definition) is 1. The maximum Gasteiger partial charge on any atom is 0.0605 e. The first-order valence-electron chi connectivity index (χ1n) is 8.85. The van der Waals surface area contributed by atoms with Gasteiger partial charge in [0.1, 0.15) is 0 Å². The average Bonchev–Trinajstić information content (AvgIpc) is 2.74. The first kappa shape index (κ1) is 17.8. The van der Waals surface area contributed by atoms with Crippen molar-refractivity contribution in [2.45, 2.75) is 33.6 Å². The molecule has 0 unspecified atom stereocenters. The average molecular weight is 313 g/mol. The number of benzene rings is 1. The molecule has 1 aromatic rings. The minimum atomic E-state index is 0.873. The van der Waals surface area contributed by atoms with Gasteiger partial charge in [0.15, 0.2) is 0 Å². The summed E-state index contributed by atoms with van der Waals surface area (Å²) >= 11 is 0. The molecule has 23 heavy (non-hydrogen) atoms. The van der Waals surface area contributed by atoms with E-state index in [1.165, 1.54) is 29.8 Å². The van der Waals surface area contributed by atoms with E-state index in [2.05, 4.69) is 66.9 Å². The molecule has 0 bridgehead atoms. The molecule has 1 heterocycles. The lowest BCUT2D eigenvalue weighted by Crippen LogP contribution is -2.29. The van der Waals surface area contributed by atoms with E-state index >= 15 is 0 Å². The van der Waals surface area contributed by atoms with Crippen molar-refractivity contribution in [3.63, 3.8) is 0 Å². The van der Waals surface area contributed by atoms with Crippen molar-refractivity contribution in [2.24, 2.45) is 0 Å². The normalized spacial score (nSPS) is 16.5. The van der Waals surface area contributed by atoms with Crippen molar-refractivity contribution in [3.05, 3.63) is 28.8 Å². The lowest BCUT2D eigenvalue weighted by Gasteiger charge is -2.16. The Morgan fingerprint density at radius 2 is 1.96 bits per heavy atom. The van der Waals surface area contributed by atoms with Crippen LogP contribution in [0.4, 0.5) is 5.69 Å². The summed E-state index contributed by atoms with van der Waals surface area (Å²) in [4.78, 5) is 4.87. The van der Waals surface area contributed by atoms with E-state index in [0.717, 1.165) is 44.7 Å². The Morgan fingerprint density at radius 3 is 2.74 bits per heavy atom. The van der Waals surface area contributed by atoms with Crippen LogP contribution in [0.1, 0.15) is 36.5 Å². The first-order chi connectivity index (χ1) is 11.1. The maximum absolute atomic E-state index is 3.51. The van der Waals surface area contributed by atoms with Gasteiger partial charge in [0.25, 0.3) is 0 Å². The van der Waals surface area contributed by atoms with Gasteiger partial charge in [0, 0.05) is 37.4 Å². The zero-order valence-corrected chi connectivity index (χ0v) is 15.2. The van der Waals surface area contributed by atoms with Gasteiger partial charge in [-0.1, -0.05) is 18.8 Å². The molecule has 2 rings (SSSR count). The molecule has 126 valence electrons. The third-order valence-corrected chi connectivity index (χ3v) is 4.58. The third-order valence-electron chi connectivity index (χ3n) is 4.58. The summed E-state index contributed by atoms with van der Waals surface area (Å²) in [5, 5.41) is 3.51. The quantitative estimate of drug-likeness (QED) is 0.862. The largest absolute Gasteiger partial charge is 0.385 e. The monoisotopic (exact) mass is 313 g/mol. The predicted molar refractivity (Wildman–Crippen MR) is 100 cm³/mol. The molecule has 1 N–H and O–H groups in total. The molecule has 0 amide bonds. The second-order valence-corrected chi connectivity index (χ2v) is 6.63. The van der Waals surface area contributed by atoms with Gasteiger partial charge in [-0.2, -0.15) is 0 Å². The Balaban J connectivity index is 2.01. The first-order valence-corrected chi connectivity index (χ1v) is 8.85. The summed E-state index contributed by atoms with van der Waals surface area (Å²) in [6.07, 6.45) is 2.38. The van der Waals surface area contributed by atoms with Crippen molar-refractivity contribution in [3.8, 4) is 11.8 Å². The van der Waals surface area contributed by atoms with Crippen LogP contribution in [-0.4, -0.2) is 56.1 Å². The van der Waals surface area contributed by atoms with Crippen LogP contribution >= 0.6 is 0 Å². The van der Waals surface area contributed by atoms with E-state index in [-0.39, 0.29) is 0 Å². The predicted octanol–water partition coefficient (Wildman–Crippen LogP) is 3.11. The van der Waals surface area contributed by atoms with Gasteiger partial charge < -0.3 is 10.2 Å². The topological polar surface area (TPSA) is 18.5 Å². The number of nitrogens with one attached hydrogen (secondary N) is 1. The van der Waals surface area contributed by atoms with E-state index < -0.39 is 0 Å². The van der Waals surface area contributed by atoms with E-state index in [0.29, 0.717) is 0 Å². The number of aryl methyl sites for hydroxylation is 1. The molecule has 0 aliphatic carbocycles. The fraction of sp³-hybridized carbons (Fsp3) is 0.600. The van der Waals surface area contributed by atoms with Gasteiger partial charge in [0.2, 0.25) is 0 Å². The van der Waals surface area contributed by atoms with Crippen LogP contribution in [0.25, 0.3) is 0 Å². The number of anilines is 1. The Bertz CT molecular complexity index is 568. The molecule has 3 nitrogen and oxygen atoms in total. The SMILES string of the molecule is CCCNc1cc(C#CCN2CCCN(C)CC2)cc(C)c1C. The van der Waals surface area contributed by atoms with Gasteiger partial charge in [-0.05, 0) is 63.5 Å². The highest BCUT2D eigenvalue weighted by atomic mass is 15.2. The second kappa shape index (κ2) is 8.96. The molecule has 3 heteroatoms. The molecule has 0 radical (unpaired) electrons. The molecule has 1 aliphatic heterocycles. The summed E-state index contributed by atoms with van der Waals surface area (Å²) < 4.78 is 0. The summed E-state index contributed by atoms with van der Waals surface area (Å²) in [6.45, 7) is 13.1. The highest BCUT2D eigenvalue weighted by Gasteiger charge is 2.10. The summed E-state index contributed by atoms with van der Waals surface area (Å²) in [7, 11) is 2.20. The van der Waals surface area contributed by atoms with Crippen molar-refractivity contribution in [1.82, 2.24) is 9.80 Å². The molecule has 0 spiro atoms. The minimum Gasteiger partial charge on any atom is -0.385 e. The van der Waals surface area contributed by atoms with E-state index in [9.17, 15) is 0 Å². The zero-order chi connectivity index (χ0) is 16.7. The Morgan fingerprint density at radius 1 is 1.13 bits per heavy atom. The highest BCUT2D eigenvalue weighted by Crippen LogP contribution is 2.20. The number of rotatable bonds is 4. The lowest BCUT2D eigenvalue weighted by atomic mass is 10.0. The van der Waals surface area contributed by atoms with E-state index in [4.69, 9.17) is 0 Å². The van der Waals surface area contributed by atoms with Crippen molar-refractivity contribution in [2.75, 3.05) is 51.6 Å². The Labute approximate surface area is 142 Å². The Kier molecular flexibility index (Phi) is 6.95. The summed E-state index contributed by atoms with van der Waals surface area (Å²) in [5.74, 6) is 6.74. The highest BCUT2D eigenvalue weighted by molar-refractivity contribution is 5.59. The van der Waals surface area contributed by atoms with Gasteiger partial charge in [-0.3, -0.25) is 4.90 Å². The van der Waals surface area contributed by atoms with Crippen LogP contribution in [0.3, 0.4) is 0 Å². The molecule has 0 aromatic heterocycles. The maximum atomic E-state index is 3.51. The molecular weight excluding hydrogens is 282 g/mol. The van der Waals surface area contributed by atoms with Crippen LogP contribution in [0.2, 0.25) is 0 Å². The van der Waals surface area contributed by atoms with Crippen LogP contribution < -0.4 is 5.32 Å². The van der Waals surface area contributed by atoms with Gasteiger partial charge in [0.05, 0.1) is 6.54 Å². The summed E-state index contributed by atoms with van der Waals surface area (Å²) in [5.41, 5.74) is 5.00. The fourth-order valence-corrected chi connectivity index (χ4v) is 2.89. The smallest absolute Gasteiger partial charge is 0.0605 e. The third kappa shape index (κ3) is 5.57. The van der Waals surface area contributed by atoms with Crippen LogP contribution in [0, 0.1) is 25.7 Å². The van der Waals surface area contributed by atoms with Crippen molar-refractivity contribution < 1.29 is 0 Å². The summed E-state index contributed by atoms with van der Waals surface area (Å²) in [6, 6.07) is 4.40. The molecule has 0 saturated carbocycles. The number of nitrogens with zero attached hydrogens (tertiary/aromatic N) is 2. The molecule has 1 fully saturated rings. The van der Waals surface area contributed by atoms with Gasteiger partial charge in [-0.25, -0.2) is 0 Å².